The molecule has 1 unspecified atom stereocenters. The van der Waals surface area contributed by atoms with Gasteiger partial charge in [-0.25, -0.2) is 4.39 Å². The Morgan fingerprint density at radius 3 is 2.71 bits per heavy atom. The molecule has 0 bridgehead atoms. The van der Waals surface area contributed by atoms with Gasteiger partial charge in [0.1, 0.15) is 5.82 Å². The molecule has 1 nitrogen and oxygen atoms in total. The maximum atomic E-state index is 13.2. The maximum Gasteiger partial charge on any atom is 0.123 e. The molecule has 21 heavy (non-hydrogen) atoms. The number of hydrogen-bond donors (Lipinski definition) is 1. The summed E-state index contributed by atoms with van der Waals surface area (Å²) in [4.78, 5) is 0. The van der Waals surface area contributed by atoms with E-state index in [2.05, 4.69) is 29.6 Å². The van der Waals surface area contributed by atoms with Crippen LogP contribution >= 0.6 is 0 Å². The minimum absolute atomic E-state index is 0.116. The molecule has 0 heterocycles. The molecule has 2 aromatic carbocycles. The molecule has 0 aliphatic heterocycles. The summed E-state index contributed by atoms with van der Waals surface area (Å²) >= 11 is 0. The zero-order valence-electron chi connectivity index (χ0n) is 12.1. The van der Waals surface area contributed by atoms with Crippen LogP contribution in [0.25, 0.3) is 0 Å². The summed E-state index contributed by atoms with van der Waals surface area (Å²) in [6.07, 6.45) is 3.48. The normalized spacial score (nSPS) is 26.6. The van der Waals surface area contributed by atoms with Gasteiger partial charge in [-0.2, -0.15) is 0 Å². The number of nitrogens with one attached hydrogen (secondary N) is 1. The summed E-state index contributed by atoms with van der Waals surface area (Å²) in [7, 11) is 0. The Morgan fingerprint density at radius 1 is 1.05 bits per heavy atom. The lowest BCUT2D eigenvalue weighted by Crippen LogP contribution is -2.43. The number of benzene rings is 2. The molecule has 108 valence electrons. The second-order valence-electron chi connectivity index (χ2n) is 6.43. The van der Waals surface area contributed by atoms with Crippen LogP contribution in [0.4, 0.5) is 4.39 Å². The first-order valence-electron chi connectivity index (χ1n) is 7.86. The molecule has 0 spiro atoms. The van der Waals surface area contributed by atoms with E-state index in [0.717, 1.165) is 24.9 Å². The van der Waals surface area contributed by atoms with Gasteiger partial charge in [0.25, 0.3) is 0 Å². The van der Waals surface area contributed by atoms with Gasteiger partial charge in [-0.05, 0) is 54.0 Å². The Balaban J connectivity index is 1.26. The molecule has 1 fully saturated rings. The van der Waals surface area contributed by atoms with Gasteiger partial charge in [-0.15, -0.1) is 0 Å². The quantitative estimate of drug-likeness (QED) is 0.893. The van der Waals surface area contributed by atoms with E-state index in [-0.39, 0.29) is 5.82 Å². The average Bonchev–Trinajstić information content (AvgIpc) is 2.41. The molecular weight excluding hydrogens is 261 g/mol. The van der Waals surface area contributed by atoms with E-state index in [1.54, 1.807) is 6.07 Å². The van der Waals surface area contributed by atoms with Gasteiger partial charge in [0.2, 0.25) is 0 Å². The molecule has 0 radical (unpaired) electrons. The van der Waals surface area contributed by atoms with Gasteiger partial charge in [-0.3, -0.25) is 0 Å². The molecule has 2 heteroatoms. The number of hydrogen-bond acceptors (Lipinski definition) is 1. The topological polar surface area (TPSA) is 12.0 Å². The molecule has 0 aromatic heterocycles. The van der Waals surface area contributed by atoms with Crippen molar-refractivity contribution in [3.05, 3.63) is 71.0 Å². The van der Waals surface area contributed by atoms with Gasteiger partial charge < -0.3 is 5.32 Å². The van der Waals surface area contributed by atoms with Crippen molar-refractivity contribution in [1.29, 1.82) is 0 Å². The fourth-order valence-electron chi connectivity index (χ4n) is 3.67. The fourth-order valence-corrected chi connectivity index (χ4v) is 3.67. The van der Waals surface area contributed by atoms with Gasteiger partial charge in [0.15, 0.2) is 0 Å². The predicted molar refractivity (Wildman–Crippen MR) is 83.1 cm³/mol. The minimum atomic E-state index is -0.116. The van der Waals surface area contributed by atoms with E-state index < -0.39 is 0 Å². The van der Waals surface area contributed by atoms with Crippen LogP contribution in [-0.4, -0.2) is 12.6 Å². The molecule has 2 aromatic rings. The van der Waals surface area contributed by atoms with Crippen molar-refractivity contribution in [3.8, 4) is 0 Å². The van der Waals surface area contributed by atoms with Crippen LogP contribution in [0, 0.1) is 5.82 Å². The summed E-state index contributed by atoms with van der Waals surface area (Å²) in [5.41, 5.74) is 4.18. The van der Waals surface area contributed by atoms with Gasteiger partial charge in [0.05, 0.1) is 0 Å². The summed E-state index contributed by atoms with van der Waals surface area (Å²) in [6, 6.07) is 16.4. The van der Waals surface area contributed by atoms with E-state index in [0.29, 0.717) is 17.9 Å². The van der Waals surface area contributed by atoms with E-state index in [1.165, 1.54) is 23.6 Å². The Labute approximate surface area is 125 Å². The third-order valence-electron chi connectivity index (χ3n) is 5.07. The molecule has 2 aliphatic rings. The molecule has 0 saturated heterocycles. The van der Waals surface area contributed by atoms with Crippen LogP contribution in [0.2, 0.25) is 0 Å². The Bertz CT molecular complexity index is 646. The van der Waals surface area contributed by atoms with Crippen molar-refractivity contribution in [2.75, 3.05) is 6.54 Å². The zero-order chi connectivity index (χ0) is 14.2. The second-order valence-corrected chi connectivity index (χ2v) is 6.43. The minimum Gasteiger partial charge on any atom is -0.313 e. The predicted octanol–water partition coefficient (Wildman–Crippen LogP) is 4.00. The lowest BCUT2D eigenvalue weighted by Gasteiger charge is -2.39. The monoisotopic (exact) mass is 281 g/mol. The highest BCUT2D eigenvalue weighted by Gasteiger charge is 2.32. The number of fused-ring (bicyclic) bond motifs is 1. The van der Waals surface area contributed by atoms with Crippen molar-refractivity contribution >= 4 is 0 Å². The average molecular weight is 281 g/mol. The molecular formula is C19H20FN. The standard InChI is InChI=1S/C19H20FN/c20-17-6-3-5-13(9-17)15-10-18(11-15)21-12-16-8-14-4-1-2-7-19(14)16/h1-7,9,15-16,18,21H,8,10-12H2. The summed E-state index contributed by atoms with van der Waals surface area (Å²) in [6.45, 7) is 1.08. The first-order chi connectivity index (χ1) is 10.3. The summed E-state index contributed by atoms with van der Waals surface area (Å²) < 4.78 is 13.2. The smallest absolute Gasteiger partial charge is 0.123 e. The Morgan fingerprint density at radius 2 is 1.90 bits per heavy atom. The summed E-state index contributed by atoms with van der Waals surface area (Å²) in [5, 5.41) is 3.68. The third kappa shape index (κ3) is 2.49. The van der Waals surface area contributed by atoms with Crippen molar-refractivity contribution in [2.24, 2.45) is 0 Å². The van der Waals surface area contributed by atoms with Crippen LogP contribution in [0.3, 0.4) is 0 Å². The van der Waals surface area contributed by atoms with Gasteiger partial charge >= 0.3 is 0 Å². The Hall–Kier alpha value is -1.67. The largest absolute Gasteiger partial charge is 0.313 e. The highest BCUT2D eigenvalue weighted by atomic mass is 19.1. The van der Waals surface area contributed by atoms with Crippen molar-refractivity contribution in [3.63, 3.8) is 0 Å². The molecule has 0 amide bonds. The van der Waals surface area contributed by atoms with E-state index in [1.807, 2.05) is 12.1 Å². The molecule has 2 aliphatic carbocycles. The second kappa shape index (κ2) is 5.27. The van der Waals surface area contributed by atoms with Gasteiger partial charge in [0, 0.05) is 18.5 Å². The number of rotatable bonds is 4. The van der Waals surface area contributed by atoms with Crippen LogP contribution in [-0.2, 0) is 6.42 Å². The highest BCUT2D eigenvalue weighted by Crippen LogP contribution is 2.38. The molecule has 1 N–H and O–H groups in total. The first-order valence-corrected chi connectivity index (χ1v) is 7.86. The molecule has 1 atom stereocenters. The van der Waals surface area contributed by atoms with Crippen molar-refractivity contribution in [2.45, 2.75) is 37.1 Å². The van der Waals surface area contributed by atoms with Crippen LogP contribution < -0.4 is 5.32 Å². The van der Waals surface area contributed by atoms with E-state index in [4.69, 9.17) is 0 Å². The van der Waals surface area contributed by atoms with E-state index in [9.17, 15) is 4.39 Å². The third-order valence-corrected chi connectivity index (χ3v) is 5.07. The highest BCUT2D eigenvalue weighted by molar-refractivity contribution is 5.40. The van der Waals surface area contributed by atoms with Gasteiger partial charge in [-0.1, -0.05) is 36.4 Å². The lowest BCUT2D eigenvalue weighted by atomic mass is 9.74. The zero-order valence-corrected chi connectivity index (χ0v) is 12.1. The SMILES string of the molecule is Fc1cccc(C2CC(NCC3Cc4ccccc43)C2)c1. The van der Waals surface area contributed by atoms with Crippen LogP contribution in [0.1, 0.15) is 41.4 Å². The van der Waals surface area contributed by atoms with E-state index >= 15 is 0 Å². The Kier molecular flexibility index (Phi) is 3.27. The number of halogens is 1. The molecule has 1 saturated carbocycles. The maximum absolute atomic E-state index is 13.2. The fraction of sp³-hybridized carbons (Fsp3) is 0.368. The molecule has 4 rings (SSSR count). The van der Waals surface area contributed by atoms with Crippen molar-refractivity contribution < 1.29 is 4.39 Å². The van der Waals surface area contributed by atoms with Crippen LogP contribution in [0.5, 0.6) is 0 Å². The van der Waals surface area contributed by atoms with Crippen LogP contribution in [0.15, 0.2) is 48.5 Å². The van der Waals surface area contributed by atoms with Crippen molar-refractivity contribution in [1.82, 2.24) is 5.32 Å². The lowest BCUT2D eigenvalue weighted by molar-refractivity contribution is 0.282. The summed E-state index contributed by atoms with van der Waals surface area (Å²) in [5.74, 6) is 1.11. The first kappa shape index (κ1) is 13.0.